The van der Waals surface area contributed by atoms with E-state index >= 15 is 0 Å². The minimum absolute atomic E-state index is 0.354. The van der Waals surface area contributed by atoms with E-state index in [0.717, 1.165) is 11.3 Å². The van der Waals surface area contributed by atoms with Crippen molar-refractivity contribution >= 4 is 40.4 Å². The van der Waals surface area contributed by atoms with Crippen molar-refractivity contribution in [3.05, 3.63) is 46.1 Å². The Bertz CT molecular complexity index is 535. The smallest absolute Gasteiger partial charge is 0.134 e. The number of nitrogens with zero attached hydrogens (tertiary/aromatic N) is 1. The summed E-state index contributed by atoms with van der Waals surface area (Å²) in [7, 11) is 0. The summed E-state index contributed by atoms with van der Waals surface area (Å²) in [6, 6.07) is 8.90. The molecule has 0 spiro atoms. The van der Waals surface area contributed by atoms with Gasteiger partial charge in [0.15, 0.2) is 0 Å². The Labute approximate surface area is 110 Å². The molecule has 0 radical (unpaired) electrons. The molecule has 0 aliphatic rings. The first-order valence-corrected chi connectivity index (χ1v) is 5.76. The predicted octanol–water partition coefficient (Wildman–Crippen LogP) is 4.02. The van der Waals surface area contributed by atoms with Crippen LogP contribution in [0.1, 0.15) is 5.56 Å². The highest BCUT2D eigenvalue weighted by atomic mass is 35.5. The molecule has 0 fully saturated rings. The summed E-state index contributed by atoms with van der Waals surface area (Å²) in [6.07, 6.45) is 0. The molecule has 0 amide bonds. The Morgan fingerprint density at radius 1 is 1.18 bits per heavy atom. The van der Waals surface area contributed by atoms with E-state index in [9.17, 15) is 0 Å². The first-order chi connectivity index (χ1) is 8.04. The van der Waals surface area contributed by atoms with Crippen LogP contribution < -0.4 is 11.1 Å². The van der Waals surface area contributed by atoms with Gasteiger partial charge in [-0.2, -0.15) is 0 Å². The van der Waals surface area contributed by atoms with Gasteiger partial charge in [0.05, 0.1) is 0 Å². The van der Waals surface area contributed by atoms with E-state index in [-0.39, 0.29) is 0 Å². The van der Waals surface area contributed by atoms with Crippen LogP contribution in [-0.2, 0) is 0 Å². The largest absolute Gasteiger partial charge is 0.399 e. The molecule has 0 unspecified atom stereocenters. The predicted molar refractivity (Wildman–Crippen MR) is 73.1 cm³/mol. The summed E-state index contributed by atoms with van der Waals surface area (Å²) >= 11 is 11.8. The molecule has 0 saturated heterocycles. The van der Waals surface area contributed by atoms with E-state index in [0.29, 0.717) is 21.7 Å². The second-order valence-corrected chi connectivity index (χ2v) is 4.52. The van der Waals surface area contributed by atoms with Crippen molar-refractivity contribution < 1.29 is 0 Å². The highest BCUT2D eigenvalue weighted by Crippen LogP contribution is 2.25. The number of nitrogens with two attached hydrogens (primary N) is 1. The van der Waals surface area contributed by atoms with Crippen LogP contribution in [0.4, 0.5) is 17.2 Å². The van der Waals surface area contributed by atoms with Gasteiger partial charge >= 0.3 is 0 Å². The highest BCUT2D eigenvalue weighted by Gasteiger charge is 2.03. The lowest BCUT2D eigenvalue weighted by molar-refractivity contribution is 1.30. The van der Waals surface area contributed by atoms with Crippen LogP contribution in [0, 0.1) is 6.92 Å². The van der Waals surface area contributed by atoms with Crippen molar-refractivity contribution in [1.82, 2.24) is 4.98 Å². The monoisotopic (exact) mass is 267 g/mol. The van der Waals surface area contributed by atoms with E-state index < -0.39 is 0 Å². The minimum Gasteiger partial charge on any atom is -0.399 e. The molecule has 1 aromatic carbocycles. The number of hydrogen-bond donors (Lipinski definition) is 2. The molecule has 0 atom stereocenters. The molecule has 0 aliphatic carbocycles. The topological polar surface area (TPSA) is 50.9 Å². The van der Waals surface area contributed by atoms with E-state index in [1.165, 1.54) is 0 Å². The number of anilines is 3. The zero-order chi connectivity index (χ0) is 12.4. The molecule has 0 bridgehead atoms. The van der Waals surface area contributed by atoms with Gasteiger partial charge in [0.1, 0.15) is 11.0 Å². The summed E-state index contributed by atoms with van der Waals surface area (Å²) in [5.74, 6) is 0.598. The average molecular weight is 268 g/mol. The molecule has 2 rings (SSSR count). The van der Waals surface area contributed by atoms with Crippen molar-refractivity contribution in [2.24, 2.45) is 0 Å². The number of benzene rings is 1. The molecule has 88 valence electrons. The summed E-state index contributed by atoms with van der Waals surface area (Å²) in [6.45, 7) is 1.98. The SMILES string of the molecule is Cc1ccc(Cl)cc1Nc1cc(N)cc(Cl)n1. The molecule has 3 nitrogen and oxygen atoms in total. The molecule has 0 aliphatic heterocycles. The molecule has 2 aromatic rings. The number of aryl methyl sites for hydroxylation is 1. The van der Waals surface area contributed by atoms with Crippen molar-refractivity contribution in [3.63, 3.8) is 0 Å². The van der Waals surface area contributed by atoms with Crippen LogP contribution in [0.5, 0.6) is 0 Å². The number of nitrogens with one attached hydrogen (secondary N) is 1. The van der Waals surface area contributed by atoms with Gasteiger partial charge in [-0.15, -0.1) is 0 Å². The fourth-order valence-electron chi connectivity index (χ4n) is 1.45. The molecular weight excluding hydrogens is 257 g/mol. The van der Waals surface area contributed by atoms with Crippen LogP contribution in [-0.4, -0.2) is 4.98 Å². The van der Waals surface area contributed by atoms with E-state index in [1.54, 1.807) is 12.1 Å². The fraction of sp³-hybridized carbons (Fsp3) is 0.0833. The standard InChI is InChI=1S/C12H11Cl2N3/c1-7-2-3-8(13)4-10(7)16-12-6-9(15)5-11(14)17-12/h2-6H,1H3,(H3,15,16,17). The zero-order valence-corrected chi connectivity index (χ0v) is 10.7. The number of halogens is 2. The summed E-state index contributed by atoms with van der Waals surface area (Å²) in [4.78, 5) is 4.13. The van der Waals surface area contributed by atoms with E-state index in [2.05, 4.69) is 10.3 Å². The van der Waals surface area contributed by atoms with Crippen LogP contribution >= 0.6 is 23.2 Å². The number of aromatic nitrogens is 1. The third kappa shape index (κ3) is 3.02. The second-order valence-electron chi connectivity index (χ2n) is 3.69. The Morgan fingerprint density at radius 3 is 2.65 bits per heavy atom. The number of pyridine rings is 1. The third-order valence-electron chi connectivity index (χ3n) is 2.28. The molecule has 17 heavy (non-hydrogen) atoms. The van der Waals surface area contributed by atoms with Gasteiger partial charge in [0, 0.05) is 22.5 Å². The summed E-state index contributed by atoms with van der Waals surface area (Å²) < 4.78 is 0. The molecule has 1 aromatic heterocycles. The van der Waals surface area contributed by atoms with Crippen molar-refractivity contribution in [3.8, 4) is 0 Å². The molecule has 5 heteroatoms. The van der Waals surface area contributed by atoms with Gasteiger partial charge in [-0.3, -0.25) is 0 Å². The highest BCUT2D eigenvalue weighted by molar-refractivity contribution is 6.31. The summed E-state index contributed by atoms with van der Waals surface area (Å²) in [5, 5.41) is 4.15. The lowest BCUT2D eigenvalue weighted by atomic mass is 10.2. The van der Waals surface area contributed by atoms with Crippen LogP contribution in [0.2, 0.25) is 10.2 Å². The lowest BCUT2D eigenvalue weighted by Gasteiger charge is -2.10. The minimum atomic E-state index is 0.354. The average Bonchev–Trinajstić information content (AvgIpc) is 2.22. The van der Waals surface area contributed by atoms with E-state index in [1.807, 2.05) is 25.1 Å². The maximum atomic E-state index is 5.93. The van der Waals surface area contributed by atoms with Crippen LogP contribution in [0.3, 0.4) is 0 Å². The fourth-order valence-corrected chi connectivity index (χ4v) is 1.84. The summed E-state index contributed by atoms with van der Waals surface area (Å²) in [5.41, 5.74) is 8.20. The van der Waals surface area contributed by atoms with Crippen molar-refractivity contribution in [1.29, 1.82) is 0 Å². The first kappa shape index (κ1) is 12.0. The van der Waals surface area contributed by atoms with E-state index in [4.69, 9.17) is 28.9 Å². The Morgan fingerprint density at radius 2 is 1.94 bits per heavy atom. The number of nitrogen functional groups attached to an aromatic ring is 1. The normalized spacial score (nSPS) is 10.3. The van der Waals surface area contributed by atoms with Gasteiger partial charge in [0.2, 0.25) is 0 Å². The van der Waals surface area contributed by atoms with Gasteiger partial charge in [-0.1, -0.05) is 29.3 Å². The maximum Gasteiger partial charge on any atom is 0.134 e. The zero-order valence-electron chi connectivity index (χ0n) is 9.17. The number of rotatable bonds is 2. The second kappa shape index (κ2) is 4.82. The Hall–Kier alpha value is -1.45. The third-order valence-corrected chi connectivity index (χ3v) is 2.71. The van der Waals surface area contributed by atoms with Gasteiger partial charge in [-0.25, -0.2) is 4.98 Å². The van der Waals surface area contributed by atoms with Crippen molar-refractivity contribution in [2.45, 2.75) is 6.92 Å². The van der Waals surface area contributed by atoms with Gasteiger partial charge in [-0.05, 0) is 30.7 Å². The van der Waals surface area contributed by atoms with Crippen molar-refractivity contribution in [2.75, 3.05) is 11.1 Å². The lowest BCUT2D eigenvalue weighted by Crippen LogP contribution is -1.97. The number of hydrogen-bond acceptors (Lipinski definition) is 3. The quantitative estimate of drug-likeness (QED) is 0.808. The molecular formula is C12H11Cl2N3. The van der Waals surface area contributed by atoms with Gasteiger partial charge in [0.25, 0.3) is 0 Å². The Balaban J connectivity index is 2.34. The van der Waals surface area contributed by atoms with Gasteiger partial charge < -0.3 is 11.1 Å². The van der Waals surface area contributed by atoms with Crippen LogP contribution in [0.25, 0.3) is 0 Å². The first-order valence-electron chi connectivity index (χ1n) is 5.01. The molecule has 1 heterocycles. The molecule has 0 saturated carbocycles. The maximum absolute atomic E-state index is 5.93. The Kier molecular flexibility index (Phi) is 3.41. The molecule has 3 N–H and O–H groups in total. The van der Waals surface area contributed by atoms with Crippen LogP contribution in [0.15, 0.2) is 30.3 Å².